The van der Waals surface area contributed by atoms with Crippen molar-refractivity contribution in [2.24, 2.45) is 0 Å². The fourth-order valence-electron chi connectivity index (χ4n) is 4.97. The molecule has 0 saturated carbocycles. The summed E-state index contributed by atoms with van der Waals surface area (Å²) in [5, 5.41) is 4.14. The summed E-state index contributed by atoms with van der Waals surface area (Å²) in [6.07, 6.45) is 0.508. The third-order valence-corrected chi connectivity index (χ3v) is 7.18. The zero-order valence-electron chi connectivity index (χ0n) is 20.2. The van der Waals surface area contributed by atoms with E-state index in [2.05, 4.69) is 5.16 Å². The van der Waals surface area contributed by atoms with E-state index in [9.17, 15) is 18.8 Å². The fraction of sp³-hybridized carbons (Fsp3) is 0.172. The van der Waals surface area contributed by atoms with Crippen LogP contribution in [0.15, 0.2) is 65.2 Å². The van der Waals surface area contributed by atoms with Crippen molar-refractivity contribution in [2.75, 3.05) is 11.4 Å². The maximum absolute atomic E-state index is 13.5. The van der Waals surface area contributed by atoms with E-state index in [0.29, 0.717) is 35.5 Å². The van der Waals surface area contributed by atoms with Crippen molar-refractivity contribution in [3.63, 3.8) is 0 Å². The Morgan fingerprint density at radius 2 is 1.73 bits per heavy atom. The quantitative estimate of drug-likeness (QED) is 0.370. The van der Waals surface area contributed by atoms with Gasteiger partial charge in [0.1, 0.15) is 5.82 Å². The highest BCUT2D eigenvalue weighted by Gasteiger charge is 2.38. The number of imide groups is 1. The van der Waals surface area contributed by atoms with Crippen molar-refractivity contribution >= 4 is 23.4 Å². The van der Waals surface area contributed by atoms with E-state index < -0.39 is 11.8 Å². The summed E-state index contributed by atoms with van der Waals surface area (Å²) >= 11 is 0. The topological polar surface area (TPSA) is 83.7 Å². The number of fused-ring (bicyclic) bond motifs is 2. The van der Waals surface area contributed by atoms with E-state index in [1.54, 1.807) is 35.2 Å². The molecule has 2 aliphatic rings. The summed E-state index contributed by atoms with van der Waals surface area (Å²) in [4.78, 5) is 42.8. The molecule has 0 unspecified atom stereocenters. The minimum atomic E-state index is -0.443. The Labute approximate surface area is 212 Å². The van der Waals surface area contributed by atoms with Gasteiger partial charge in [0.2, 0.25) is 0 Å². The second-order valence-electron chi connectivity index (χ2n) is 9.35. The molecule has 2 aliphatic heterocycles. The Balaban J connectivity index is 1.28. The second kappa shape index (κ2) is 8.51. The smallest absolute Gasteiger partial charge is 0.266 e. The molecule has 0 atom stereocenters. The number of aryl methyl sites for hydroxylation is 1. The molecule has 0 radical (unpaired) electrons. The first-order chi connectivity index (χ1) is 17.8. The molecule has 3 aromatic carbocycles. The van der Waals surface area contributed by atoms with Crippen molar-refractivity contribution in [1.29, 1.82) is 0 Å². The number of benzene rings is 3. The van der Waals surface area contributed by atoms with E-state index >= 15 is 0 Å². The van der Waals surface area contributed by atoms with E-state index in [-0.39, 0.29) is 29.4 Å². The lowest BCUT2D eigenvalue weighted by Gasteiger charge is -2.26. The average Bonchev–Trinajstić information content (AvgIpc) is 3.44. The average molecular weight is 496 g/mol. The van der Waals surface area contributed by atoms with Crippen molar-refractivity contribution < 1.29 is 23.3 Å². The van der Waals surface area contributed by atoms with Crippen LogP contribution in [0.5, 0.6) is 0 Å². The van der Waals surface area contributed by atoms with Gasteiger partial charge in [0.25, 0.3) is 17.7 Å². The van der Waals surface area contributed by atoms with Gasteiger partial charge >= 0.3 is 0 Å². The molecule has 37 heavy (non-hydrogen) atoms. The molecule has 0 fully saturated rings. The maximum atomic E-state index is 13.5. The molecule has 0 aliphatic carbocycles. The van der Waals surface area contributed by atoms with Crippen LogP contribution in [0.4, 0.5) is 10.1 Å². The molecule has 7 nitrogen and oxygen atoms in total. The van der Waals surface area contributed by atoms with Crippen molar-refractivity contribution in [2.45, 2.75) is 26.8 Å². The Morgan fingerprint density at radius 1 is 0.973 bits per heavy atom. The molecule has 8 heteroatoms. The minimum absolute atomic E-state index is 0.214. The van der Waals surface area contributed by atoms with Gasteiger partial charge in [-0.05, 0) is 73.5 Å². The lowest BCUT2D eigenvalue weighted by atomic mass is 10.00. The maximum Gasteiger partial charge on any atom is 0.266 e. The van der Waals surface area contributed by atoms with Gasteiger partial charge in [-0.25, -0.2) is 9.29 Å². The number of carbonyl (C=O) groups is 3. The highest BCUT2D eigenvalue weighted by molar-refractivity contribution is 6.35. The van der Waals surface area contributed by atoms with Crippen LogP contribution in [-0.2, 0) is 13.0 Å². The number of rotatable bonds is 3. The number of hydrogen-bond donors (Lipinski definition) is 0. The molecule has 0 N–H and O–H groups in total. The predicted molar refractivity (Wildman–Crippen MR) is 134 cm³/mol. The standard InChI is InChI=1S/C29H22FN3O4/c1-16-4-3-5-25(17(16)2)33-28(35)21-11-8-19(14-22(21)29(33)36)27(34)32-13-12-24-23(15-32)26(37-31-24)18-6-9-20(30)10-7-18/h3-11,14H,12-13,15H2,1-2H3. The van der Waals surface area contributed by atoms with E-state index in [1.807, 2.05) is 26.0 Å². The fourth-order valence-corrected chi connectivity index (χ4v) is 4.97. The van der Waals surface area contributed by atoms with Gasteiger partial charge in [0, 0.05) is 29.7 Å². The first kappa shape index (κ1) is 22.8. The van der Waals surface area contributed by atoms with E-state index in [4.69, 9.17) is 4.52 Å². The number of halogens is 1. The number of aromatic nitrogens is 1. The monoisotopic (exact) mass is 495 g/mol. The number of anilines is 1. The van der Waals surface area contributed by atoms with Crippen LogP contribution in [0.1, 0.15) is 53.5 Å². The number of nitrogens with zero attached hydrogens (tertiary/aromatic N) is 3. The third-order valence-electron chi connectivity index (χ3n) is 7.18. The number of carbonyl (C=O) groups excluding carboxylic acids is 3. The highest BCUT2D eigenvalue weighted by Crippen LogP contribution is 2.34. The van der Waals surface area contributed by atoms with Gasteiger partial charge in [0.05, 0.1) is 29.1 Å². The Kier molecular flexibility index (Phi) is 5.26. The summed E-state index contributed by atoms with van der Waals surface area (Å²) < 4.78 is 18.9. The molecule has 3 amide bonds. The molecule has 0 spiro atoms. The van der Waals surface area contributed by atoms with E-state index in [0.717, 1.165) is 22.4 Å². The summed E-state index contributed by atoms with van der Waals surface area (Å²) in [6, 6.07) is 16.0. The van der Waals surface area contributed by atoms with Crippen molar-refractivity contribution in [1.82, 2.24) is 10.1 Å². The van der Waals surface area contributed by atoms with Crippen LogP contribution in [0.3, 0.4) is 0 Å². The molecule has 0 saturated heterocycles. The second-order valence-corrected chi connectivity index (χ2v) is 9.35. The van der Waals surface area contributed by atoms with E-state index in [1.165, 1.54) is 23.1 Å². The Morgan fingerprint density at radius 3 is 2.51 bits per heavy atom. The van der Waals surface area contributed by atoms with Gasteiger partial charge in [-0.1, -0.05) is 17.3 Å². The molecular weight excluding hydrogens is 473 g/mol. The Hall–Kier alpha value is -4.59. The summed E-state index contributed by atoms with van der Waals surface area (Å²) in [7, 11) is 0. The zero-order valence-corrected chi connectivity index (χ0v) is 20.2. The van der Waals surface area contributed by atoms with Crippen LogP contribution in [0.2, 0.25) is 0 Å². The normalized spacial score (nSPS) is 14.7. The van der Waals surface area contributed by atoms with Gasteiger partial charge < -0.3 is 9.42 Å². The summed E-state index contributed by atoms with van der Waals surface area (Å²) in [6.45, 7) is 4.50. The SMILES string of the molecule is Cc1cccc(N2C(=O)c3ccc(C(=O)N4CCc5noc(-c6ccc(F)cc6)c5C4)cc3C2=O)c1C. The lowest BCUT2D eigenvalue weighted by molar-refractivity contribution is 0.0734. The van der Waals surface area contributed by atoms with Crippen molar-refractivity contribution in [3.8, 4) is 11.3 Å². The number of amides is 3. The zero-order chi connectivity index (χ0) is 25.8. The lowest BCUT2D eigenvalue weighted by Crippen LogP contribution is -2.36. The molecule has 184 valence electrons. The van der Waals surface area contributed by atoms with Gasteiger partial charge in [-0.3, -0.25) is 14.4 Å². The molecule has 4 aromatic rings. The molecular formula is C29H22FN3O4. The molecule has 1 aromatic heterocycles. The minimum Gasteiger partial charge on any atom is -0.356 e. The number of hydrogen-bond acceptors (Lipinski definition) is 5. The molecule has 0 bridgehead atoms. The van der Waals surface area contributed by atoms with Crippen molar-refractivity contribution in [3.05, 3.63) is 106 Å². The summed E-state index contributed by atoms with van der Waals surface area (Å²) in [5.41, 5.74) is 5.41. The van der Waals surface area contributed by atoms with Gasteiger partial charge in [-0.2, -0.15) is 0 Å². The van der Waals surface area contributed by atoms with Gasteiger partial charge in [0.15, 0.2) is 5.76 Å². The largest absolute Gasteiger partial charge is 0.356 e. The summed E-state index contributed by atoms with van der Waals surface area (Å²) in [5.74, 6) is -0.947. The molecule has 3 heterocycles. The Bertz CT molecular complexity index is 1610. The molecule has 6 rings (SSSR count). The first-order valence-corrected chi connectivity index (χ1v) is 11.9. The predicted octanol–water partition coefficient (Wildman–Crippen LogP) is 5.10. The van der Waals surface area contributed by atoms with Crippen LogP contribution < -0.4 is 4.90 Å². The van der Waals surface area contributed by atoms with Crippen LogP contribution in [-0.4, -0.2) is 34.3 Å². The van der Waals surface area contributed by atoms with Crippen LogP contribution >= 0.6 is 0 Å². The first-order valence-electron chi connectivity index (χ1n) is 11.9. The highest BCUT2D eigenvalue weighted by atomic mass is 19.1. The van der Waals surface area contributed by atoms with Gasteiger partial charge in [-0.15, -0.1) is 0 Å². The van der Waals surface area contributed by atoms with Crippen LogP contribution in [0.25, 0.3) is 11.3 Å². The third kappa shape index (κ3) is 3.64. The van der Waals surface area contributed by atoms with Crippen LogP contribution in [0, 0.1) is 19.7 Å².